The molecule has 0 radical (unpaired) electrons. The van der Waals surface area contributed by atoms with E-state index in [1.54, 1.807) is 6.07 Å². The van der Waals surface area contributed by atoms with Gasteiger partial charge in [0.25, 0.3) is 0 Å². The number of Topliss-reactive ketones (excluding diaryl/α,β-unsaturated/α-hetero) is 1. The second kappa shape index (κ2) is 6.12. The summed E-state index contributed by atoms with van der Waals surface area (Å²) >= 11 is 6.04. The third kappa shape index (κ3) is 2.99. The average Bonchev–Trinajstić information content (AvgIpc) is 2.93. The van der Waals surface area contributed by atoms with Gasteiger partial charge in [0.2, 0.25) is 0 Å². The number of benzene rings is 2. The number of furan rings is 1. The van der Waals surface area contributed by atoms with Crippen LogP contribution in [0.15, 0.2) is 59.2 Å². The Kier molecular flexibility index (Phi) is 4.04. The summed E-state index contributed by atoms with van der Waals surface area (Å²) in [7, 11) is 0. The van der Waals surface area contributed by atoms with Crippen LogP contribution in [-0.2, 0) is 11.3 Å². The lowest BCUT2D eigenvalue weighted by molar-refractivity contribution is 0.0727. The summed E-state index contributed by atoms with van der Waals surface area (Å²) in [6.07, 6.45) is 1.48. The van der Waals surface area contributed by atoms with Gasteiger partial charge in [-0.1, -0.05) is 48.0 Å². The highest BCUT2D eigenvalue weighted by molar-refractivity contribution is 6.31. The lowest BCUT2D eigenvalue weighted by Crippen LogP contribution is -2.08. The quantitative estimate of drug-likeness (QED) is 0.652. The Morgan fingerprint density at radius 3 is 2.71 bits per heavy atom. The molecule has 0 aliphatic carbocycles. The molecule has 0 saturated heterocycles. The first-order valence-corrected chi connectivity index (χ1v) is 6.94. The van der Waals surface area contributed by atoms with E-state index in [0.717, 1.165) is 10.9 Å². The van der Waals surface area contributed by atoms with Gasteiger partial charge in [-0.15, -0.1) is 0 Å². The molecule has 0 fully saturated rings. The molecule has 4 heteroatoms. The number of carbonyl (C=O) groups excluding carboxylic acids is 1. The fourth-order valence-corrected chi connectivity index (χ4v) is 2.33. The zero-order chi connectivity index (χ0) is 14.7. The van der Waals surface area contributed by atoms with Gasteiger partial charge in [0.05, 0.1) is 12.2 Å². The van der Waals surface area contributed by atoms with Crippen molar-refractivity contribution < 1.29 is 13.9 Å². The number of ketones is 1. The van der Waals surface area contributed by atoms with Crippen molar-refractivity contribution in [3.63, 3.8) is 0 Å². The van der Waals surface area contributed by atoms with Crippen molar-refractivity contribution in [2.45, 2.75) is 6.61 Å². The van der Waals surface area contributed by atoms with E-state index >= 15 is 0 Å². The lowest BCUT2D eigenvalue weighted by Gasteiger charge is -2.05. The summed E-state index contributed by atoms with van der Waals surface area (Å²) in [5.74, 6) is -0.105. The summed E-state index contributed by atoms with van der Waals surface area (Å²) in [5.41, 5.74) is 2.11. The van der Waals surface area contributed by atoms with Gasteiger partial charge in [-0.25, -0.2) is 0 Å². The Balaban J connectivity index is 1.66. The minimum absolute atomic E-state index is 0.00521. The standard InChI is InChI=1S/C17H13ClO3/c18-15-7-3-1-5-12(15)9-20-11-16(19)14-10-21-17-8-4-2-6-13(14)17/h1-8,10H,9,11H2. The van der Waals surface area contributed by atoms with E-state index in [-0.39, 0.29) is 12.4 Å². The molecule has 0 saturated carbocycles. The van der Waals surface area contributed by atoms with Crippen LogP contribution in [0.2, 0.25) is 5.02 Å². The molecule has 0 N–H and O–H groups in total. The number of carbonyl (C=O) groups is 1. The summed E-state index contributed by atoms with van der Waals surface area (Å²) in [6.45, 7) is 0.302. The van der Waals surface area contributed by atoms with Crippen molar-refractivity contribution in [3.05, 3.63) is 70.9 Å². The number of hydrogen-bond acceptors (Lipinski definition) is 3. The van der Waals surface area contributed by atoms with E-state index in [2.05, 4.69) is 0 Å². The van der Waals surface area contributed by atoms with E-state index in [9.17, 15) is 4.79 Å². The van der Waals surface area contributed by atoms with Crippen LogP contribution in [0.4, 0.5) is 0 Å². The molecule has 21 heavy (non-hydrogen) atoms. The second-order valence-electron chi connectivity index (χ2n) is 4.65. The molecule has 0 aliphatic heterocycles. The molecule has 0 aliphatic rings. The Labute approximate surface area is 127 Å². The topological polar surface area (TPSA) is 39.4 Å². The number of ether oxygens (including phenoxy) is 1. The van der Waals surface area contributed by atoms with Gasteiger partial charge in [0.15, 0.2) is 5.78 Å². The monoisotopic (exact) mass is 300 g/mol. The highest BCUT2D eigenvalue weighted by atomic mass is 35.5. The summed E-state index contributed by atoms with van der Waals surface area (Å²) in [4.78, 5) is 12.2. The normalized spacial score (nSPS) is 10.9. The minimum atomic E-state index is -0.105. The molecular formula is C17H13ClO3. The van der Waals surface area contributed by atoms with Crippen molar-refractivity contribution in [1.82, 2.24) is 0 Å². The van der Waals surface area contributed by atoms with E-state index in [0.29, 0.717) is 22.8 Å². The van der Waals surface area contributed by atoms with Crippen molar-refractivity contribution in [2.24, 2.45) is 0 Å². The smallest absolute Gasteiger partial charge is 0.192 e. The zero-order valence-electron chi connectivity index (χ0n) is 11.2. The van der Waals surface area contributed by atoms with Gasteiger partial charge in [-0.05, 0) is 17.7 Å². The van der Waals surface area contributed by atoms with Gasteiger partial charge in [-0.3, -0.25) is 4.79 Å². The SMILES string of the molecule is O=C(COCc1ccccc1Cl)c1coc2ccccc12. The van der Waals surface area contributed by atoms with Crippen LogP contribution < -0.4 is 0 Å². The molecular weight excluding hydrogens is 288 g/mol. The summed E-state index contributed by atoms with van der Waals surface area (Å²) < 4.78 is 10.8. The van der Waals surface area contributed by atoms with Gasteiger partial charge >= 0.3 is 0 Å². The van der Waals surface area contributed by atoms with Crippen LogP contribution in [0.25, 0.3) is 11.0 Å². The number of halogens is 1. The van der Waals surface area contributed by atoms with Crippen LogP contribution in [-0.4, -0.2) is 12.4 Å². The molecule has 1 aromatic heterocycles. The van der Waals surface area contributed by atoms with E-state index in [1.165, 1.54) is 6.26 Å². The molecule has 3 aromatic rings. The number of fused-ring (bicyclic) bond motifs is 1. The fraction of sp³-hybridized carbons (Fsp3) is 0.118. The fourth-order valence-electron chi connectivity index (χ4n) is 2.14. The third-order valence-electron chi connectivity index (χ3n) is 3.23. The molecule has 2 aromatic carbocycles. The molecule has 1 heterocycles. The molecule has 0 bridgehead atoms. The van der Waals surface area contributed by atoms with E-state index in [4.69, 9.17) is 20.8 Å². The molecule has 0 unspecified atom stereocenters. The highest BCUT2D eigenvalue weighted by Crippen LogP contribution is 2.21. The molecule has 0 atom stereocenters. The Bertz CT molecular complexity index is 776. The van der Waals surface area contributed by atoms with Crippen LogP contribution >= 0.6 is 11.6 Å². The van der Waals surface area contributed by atoms with Crippen LogP contribution in [0.3, 0.4) is 0 Å². The predicted octanol–water partition coefficient (Wildman–Crippen LogP) is 4.49. The summed E-state index contributed by atoms with van der Waals surface area (Å²) in [6, 6.07) is 14.8. The van der Waals surface area contributed by atoms with Gasteiger partial charge in [0.1, 0.15) is 18.5 Å². The number of rotatable bonds is 5. The maximum atomic E-state index is 12.2. The minimum Gasteiger partial charge on any atom is -0.464 e. The first-order valence-electron chi connectivity index (χ1n) is 6.56. The van der Waals surface area contributed by atoms with Crippen LogP contribution in [0.1, 0.15) is 15.9 Å². The van der Waals surface area contributed by atoms with Gasteiger partial charge < -0.3 is 9.15 Å². The number of hydrogen-bond donors (Lipinski definition) is 0. The summed E-state index contributed by atoms with van der Waals surface area (Å²) in [5, 5.41) is 1.45. The molecule has 0 amide bonds. The van der Waals surface area contributed by atoms with Crippen molar-refractivity contribution in [2.75, 3.05) is 6.61 Å². The first-order chi connectivity index (χ1) is 10.3. The first kappa shape index (κ1) is 13.9. The molecule has 0 spiro atoms. The highest BCUT2D eigenvalue weighted by Gasteiger charge is 2.13. The molecule has 3 nitrogen and oxygen atoms in total. The lowest BCUT2D eigenvalue weighted by atomic mass is 10.1. The maximum absolute atomic E-state index is 12.2. The van der Waals surface area contributed by atoms with Crippen LogP contribution in [0.5, 0.6) is 0 Å². The Morgan fingerprint density at radius 1 is 1.10 bits per heavy atom. The van der Waals surface area contributed by atoms with Crippen molar-refractivity contribution >= 4 is 28.4 Å². The molecule has 106 valence electrons. The Hall–Kier alpha value is -2.10. The maximum Gasteiger partial charge on any atom is 0.192 e. The van der Waals surface area contributed by atoms with Crippen molar-refractivity contribution in [3.8, 4) is 0 Å². The van der Waals surface area contributed by atoms with Crippen LogP contribution in [0, 0.1) is 0 Å². The second-order valence-corrected chi connectivity index (χ2v) is 5.06. The van der Waals surface area contributed by atoms with Crippen molar-refractivity contribution in [1.29, 1.82) is 0 Å². The number of para-hydroxylation sites is 1. The van der Waals surface area contributed by atoms with E-state index < -0.39 is 0 Å². The predicted molar refractivity (Wildman–Crippen MR) is 81.7 cm³/mol. The average molecular weight is 301 g/mol. The zero-order valence-corrected chi connectivity index (χ0v) is 12.0. The Morgan fingerprint density at radius 2 is 1.86 bits per heavy atom. The third-order valence-corrected chi connectivity index (χ3v) is 3.60. The van der Waals surface area contributed by atoms with Gasteiger partial charge in [-0.2, -0.15) is 0 Å². The van der Waals surface area contributed by atoms with Gasteiger partial charge in [0, 0.05) is 10.4 Å². The largest absolute Gasteiger partial charge is 0.464 e. The van der Waals surface area contributed by atoms with E-state index in [1.807, 2.05) is 42.5 Å². The molecule has 3 rings (SSSR count).